The van der Waals surface area contributed by atoms with Gasteiger partial charge in [0.05, 0.1) is 6.04 Å². The van der Waals surface area contributed by atoms with Crippen LogP contribution in [0, 0.1) is 0 Å². The highest BCUT2D eigenvalue weighted by molar-refractivity contribution is 7.99. The van der Waals surface area contributed by atoms with Crippen LogP contribution in [0.2, 0.25) is 0 Å². The molecule has 0 bridgehead atoms. The number of anilines is 1. The van der Waals surface area contributed by atoms with Crippen molar-refractivity contribution >= 4 is 35.8 Å². The van der Waals surface area contributed by atoms with Gasteiger partial charge in [0.1, 0.15) is 0 Å². The van der Waals surface area contributed by atoms with Gasteiger partial charge in [0.2, 0.25) is 5.91 Å². The SMILES string of the molecule is Cl.O=C(Nc1ccccc1)C1CSCN1. The minimum Gasteiger partial charge on any atom is -0.325 e. The van der Waals surface area contributed by atoms with E-state index in [-0.39, 0.29) is 24.4 Å². The van der Waals surface area contributed by atoms with Gasteiger partial charge in [-0.3, -0.25) is 10.1 Å². The fourth-order valence-electron chi connectivity index (χ4n) is 1.31. The van der Waals surface area contributed by atoms with Crippen LogP contribution in [0.4, 0.5) is 5.69 Å². The van der Waals surface area contributed by atoms with E-state index in [0.29, 0.717) is 0 Å². The number of halogens is 1. The number of carbonyl (C=O) groups is 1. The summed E-state index contributed by atoms with van der Waals surface area (Å²) in [6, 6.07) is 9.48. The predicted octanol–water partition coefficient (Wildman–Crippen LogP) is 1.71. The van der Waals surface area contributed by atoms with Gasteiger partial charge in [0, 0.05) is 17.3 Å². The van der Waals surface area contributed by atoms with Crippen LogP contribution in [0.5, 0.6) is 0 Å². The van der Waals surface area contributed by atoms with Crippen LogP contribution in [0.25, 0.3) is 0 Å². The molecule has 0 spiro atoms. The molecule has 1 aromatic carbocycles. The summed E-state index contributed by atoms with van der Waals surface area (Å²) in [6.07, 6.45) is 0. The quantitative estimate of drug-likeness (QED) is 0.832. The molecule has 1 heterocycles. The number of benzene rings is 1. The molecule has 1 aliphatic rings. The molecule has 1 fully saturated rings. The van der Waals surface area contributed by atoms with Gasteiger partial charge in [0.15, 0.2) is 0 Å². The molecule has 3 nitrogen and oxygen atoms in total. The number of nitrogens with one attached hydrogen (secondary N) is 2. The van der Waals surface area contributed by atoms with Crippen molar-refractivity contribution in [3.05, 3.63) is 30.3 Å². The van der Waals surface area contributed by atoms with Crippen LogP contribution in [0.15, 0.2) is 30.3 Å². The highest BCUT2D eigenvalue weighted by Gasteiger charge is 2.22. The van der Waals surface area contributed by atoms with E-state index in [4.69, 9.17) is 0 Å². The average molecular weight is 245 g/mol. The summed E-state index contributed by atoms with van der Waals surface area (Å²) in [6.45, 7) is 0. The summed E-state index contributed by atoms with van der Waals surface area (Å²) in [5, 5.41) is 6.00. The van der Waals surface area contributed by atoms with Crippen LogP contribution in [0.1, 0.15) is 0 Å². The molecule has 1 unspecified atom stereocenters. The number of carbonyl (C=O) groups excluding carboxylic acids is 1. The minimum absolute atomic E-state index is 0. The molecular formula is C10H13ClN2OS. The van der Waals surface area contributed by atoms with Gasteiger partial charge in [0.25, 0.3) is 0 Å². The summed E-state index contributed by atoms with van der Waals surface area (Å²) >= 11 is 1.75. The fourth-order valence-corrected chi connectivity index (χ4v) is 2.26. The molecule has 15 heavy (non-hydrogen) atoms. The zero-order valence-corrected chi connectivity index (χ0v) is 9.74. The Morgan fingerprint density at radius 2 is 2.13 bits per heavy atom. The maximum Gasteiger partial charge on any atom is 0.242 e. The summed E-state index contributed by atoms with van der Waals surface area (Å²) in [4.78, 5) is 11.6. The normalized spacial score (nSPS) is 19.3. The first kappa shape index (κ1) is 12.4. The first-order valence-corrected chi connectivity index (χ1v) is 5.69. The van der Waals surface area contributed by atoms with E-state index in [2.05, 4.69) is 10.6 Å². The average Bonchev–Trinajstić information content (AvgIpc) is 2.72. The van der Waals surface area contributed by atoms with Crippen molar-refractivity contribution in [1.82, 2.24) is 5.32 Å². The molecule has 0 saturated carbocycles. The molecule has 1 atom stereocenters. The van der Waals surface area contributed by atoms with Crippen LogP contribution in [0.3, 0.4) is 0 Å². The smallest absolute Gasteiger partial charge is 0.242 e. The molecule has 1 saturated heterocycles. The fraction of sp³-hybridized carbons (Fsp3) is 0.300. The molecule has 2 rings (SSSR count). The lowest BCUT2D eigenvalue weighted by Crippen LogP contribution is -2.37. The second-order valence-corrected chi connectivity index (χ2v) is 4.16. The number of thioether (sulfide) groups is 1. The van der Waals surface area contributed by atoms with Crippen LogP contribution in [-0.2, 0) is 4.79 Å². The number of para-hydroxylation sites is 1. The Balaban J connectivity index is 0.00000112. The van der Waals surface area contributed by atoms with Crippen molar-refractivity contribution in [3.63, 3.8) is 0 Å². The second kappa shape index (κ2) is 6.00. The van der Waals surface area contributed by atoms with E-state index in [1.54, 1.807) is 11.8 Å². The maximum absolute atomic E-state index is 11.6. The van der Waals surface area contributed by atoms with Crippen LogP contribution >= 0.6 is 24.2 Å². The Hall–Kier alpha value is -0.710. The Bertz CT molecular complexity index is 314. The van der Waals surface area contributed by atoms with Crippen molar-refractivity contribution in [3.8, 4) is 0 Å². The molecule has 1 amide bonds. The number of hydrogen-bond acceptors (Lipinski definition) is 3. The van der Waals surface area contributed by atoms with Crippen molar-refractivity contribution in [2.45, 2.75) is 6.04 Å². The Morgan fingerprint density at radius 1 is 1.40 bits per heavy atom. The van der Waals surface area contributed by atoms with Gasteiger partial charge >= 0.3 is 0 Å². The molecule has 5 heteroatoms. The lowest BCUT2D eigenvalue weighted by molar-refractivity contribution is -0.117. The standard InChI is InChI=1S/C10H12N2OS.ClH/c13-10(9-6-14-7-11-9)12-8-4-2-1-3-5-8;/h1-5,9,11H,6-7H2,(H,12,13);1H. The van der Waals surface area contributed by atoms with E-state index in [1.807, 2.05) is 30.3 Å². The molecular weight excluding hydrogens is 232 g/mol. The summed E-state index contributed by atoms with van der Waals surface area (Å²) in [5.41, 5.74) is 0.858. The molecule has 82 valence electrons. The highest BCUT2D eigenvalue weighted by atomic mass is 35.5. The topological polar surface area (TPSA) is 41.1 Å². The van der Waals surface area contributed by atoms with Gasteiger partial charge in [-0.1, -0.05) is 18.2 Å². The zero-order chi connectivity index (χ0) is 9.80. The first-order valence-electron chi connectivity index (χ1n) is 4.53. The van der Waals surface area contributed by atoms with Gasteiger partial charge in [-0.2, -0.15) is 0 Å². The van der Waals surface area contributed by atoms with Gasteiger partial charge in [-0.05, 0) is 12.1 Å². The monoisotopic (exact) mass is 244 g/mol. The van der Waals surface area contributed by atoms with Crippen molar-refractivity contribution in [1.29, 1.82) is 0 Å². The lowest BCUT2D eigenvalue weighted by Gasteiger charge is -2.09. The van der Waals surface area contributed by atoms with Crippen LogP contribution < -0.4 is 10.6 Å². The molecule has 1 aromatic rings. The summed E-state index contributed by atoms with van der Waals surface area (Å²) in [5.74, 6) is 1.78. The number of amides is 1. The lowest BCUT2D eigenvalue weighted by atomic mass is 10.3. The maximum atomic E-state index is 11.6. The van der Waals surface area contributed by atoms with E-state index in [1.165, 1.54) is 0 Å². The summed E-state index contributed by atoms with van der Waals surface area (Å²) < 4.78 is 0. The number of hydrogen-bond donors (Lipinski definition) is 2. The third-order valence-electron chi connectivity index (χ3n) is 2.07. The van der Waals surface area contributed by atoms with E-state index in [0.717, 1.165) is 17.3 Å². The largest absolute Gasteiger partial charge is 0.325 e. The van der Waals surface area contributed by atoms with E-state index >= 15 is 0 Å². The van der Waals surface area contributed by atoms with Crippen molar-refractivity contribution < 1.29 is 4.79 Å². The molecule has 0 aliphatic carbocycles. The number of rotatable bonds is 2. The van der Waals surface area contributed by atoms with Crippen molar-refractivity contribution in [2.24, 2.45) is 0 Å². The van der Waals surface area contributed by atoms with Gasteiger partial charge < -0.3 is 5.32 Å². The Morgan fingerprint density at radius 3 is 2.73 bits per heavy atom. The Labute approximate surface area is 99.4 Å². The third-order valence-corrected chi connectivity index (χ3v) is 3.01. The van der Waals surface area contributed by atoms with Crippen molar-refractivity contribution in [2.75, 3.05) is 16.9 Å². The van der Waals surface area contributed by atoms with Gasteiger partial charge in [-0.15, -0.1) is 24.2 Å². The van der Waals surface area contributed by atoms with E-state index < -0.39 is 0 Å². The molecule has 1 aliphatic heterocycles. The first-order chi connectivity index (χ1) is 6.86. The van der Waals surface area contributed by atoms with Gasteiger partial charge in [-0.25, -0.2) is 0 Å². The predicted molar refractivity (Wildman–Crippen MR) is 66.6 cm³/mol. The minimum atomic E-state index is -0.0415. The molecule has 0 aromatic heterocycles. The third kappa shape index (κ3) is 3.41. The second-order valence-electron chi connectivity index (χ2n) is 3.13. The molecule has 2 N–H and O–H groups in total. The Kier molecular flexibility index (Phi) is 4.94. The molecule has 0 radical (unpaired) electrons. The zero-order valence-electron chi connectivity index (χ0n) is 8.10. The van der Waals surface area contributed by atoms with Crippen LogP contribution in [-0.4, -0.2) is 23.6 Å². The summed E-state index contributed by atoms with van der Waals surface area (Å²) in [7, 11) is 0. The highest BCUT2D eigenvalue weighted by Crippen LogP contribution is 2.12. The van der Waals surface area contributed by atoms with E-state index in [9.17, 15) is 4.79 Å².